The molecular formula is C10H10ClIO. The Morgan fingerprint density at radius 2 is 2.23 bits per heavy atom. The Morgan fingerprint density at radius 3 is 2.77 bits per heavy atom. The zero-order valence-corrected chi connectivity index (χ0v) is 10.2. The zero-order valence-electron chi connectivity index (χ0n) is 7.31. The van der Waals surface area contributed by atoms with Gasteiger partial charge in [0.05, 0.1) is 5.88 Å². The van der Waals surface area contributed by atoms with Crippen LogP contribution >= 0.6 is 34.2 Å². The molecular weight excluding hydrogens is 298 g/mol. The lowest BCUT2D eigenvalue weighted by Crippen LogP contribution is -2.03. The number of hydrogen-bond acceptors (Lipinski definition) is 1. The monoisotopic (exact) mass is 308 g/mol. The van der Waals surface area contributed by atoms with Crippen LogP contribution in [0.15, 0.2) is 18.2 Å². The van der Waals surface area contributed by atoms with Crippen molar-refractivity contribution in [2.75, 3.05) is 5.88 Å². The summed E-state index contributed by atoms with van der Waals surface area (Å²) in [5.41, 5.74) is 2.25. The number of carbonyl (C=O) groups excluding carboxylic acids is 1. The van der Waals surface area contributed by atoms with E-state index in [4.69, 9.17) is 11.6 Å². The zero-order chi connectivity index (χ0) is 9.84. The first-order valence-electron chi connectivity index (χ1n) is 3.96. The van der Waals surface area contributed by atoms with Crippen LogP contribution in [0.4, 0.5) is 0 Å². The van der Waals surface area contributed by atoms with Crippen molar-refractivity contribution in [3.05, 3.63) is 32.9 Å². The van der Waals surface area contributed by atoms with E-state index in [2.05, 4.69) is 22.6 Å². The Labute approximate surface area is 96.6 Å². The highest BCUT2D eigenvalue weighted by atomic mass is 127. The molecule has 3 heteroatoms. The van der Waals surface area contributed by atoms with Gasteiger partial charge in [0.2, 0.25) is 0 Å². The number of alkyl halides is 1. The van der Waals surface area contributed by atoms with Crippen molar-refractivity contribution in [2.24, 2.45) is 0 Å². The van der Waals surface area contributed by atoms with Crippen LogP contribution in [0.2, 0.25) is 0 Å². The average molecular weight is 309 g/mol. The summed E-state index contributed by atoms with van der Waals surface area (Å²) in [6.45, 7) is 2.04. The molecule has 0 aliphatic heterocycles. The minimum atomic E-state index is 0.0716. The maximum absolute atomic E-state index is 11.0. The second-order valence-electron chi connectivity index (χ2n) is 2.93. The van der Waals surface area contributed by atoms with Crippen LogP contribution in [0, 0.1) is 10.5 Å². The lowest BCUT2D eigenvalue weighted by Gasteiger charge is -2.02. The van der Waals surface area contributed by atoms with Gasteiger partial charge in [0.15, 0.2) is 5.78 Å². The number of halogens is 2. The van der Waals surface area contributed by atoms with Crippen LogP contribution in [0.25, 0.3) is 0 Å². The van der Waals surface area contributed by atoms with Gasteiger partial charge < -0.3 is 0 Å². The summed E-state index contributed by atoms with van der Waals surface area (Å²) in [5.74, 6) is 0.174. The van der Waals surface area contributed by atoms with Gasteiger partial charge in [-0.25, -0.2) is 0 Å². The highest BCUT2D eigenvalue weighted by Gasteiger charge is 2.02. The van der Waals surface area contributed by atoms with E-state index < -0.39 is 0 Å². The molecule has 0 heterocycles. The van der Waals surface area contributed by atoms with E-state index in [1.54, 1.807) is 0 Å². The smallest absolute Gasteiger partial charge is 0.151 e. The number of carbonyl (C=O) groups is 1. The van der Waals surface area contributed by atoms with Crippen LogP contribution in [-0.2, 0) is 11.2 Å². The third-order valence-corrected chi connectivity index (χ3v) is 3.28. The second kappa shape index (κ2) is 4.96. The van der Waals surface area contributed by atoms with E-state index in [1.807, 2.05) is 25.1 Å². The van der Waals surface area contributed by atoms with E-state index in [-0.39, 0.29) is 11.7 Å². The Balaban J connectivity index is 2.79. The third kappa shape index (κ3) is 3.27. The van der Waals surface area contributed by atoms with E-state index in [1.165, 1.54) is 9.13 Å². The van der Waals surface area contributed by atoms with Crippen molar-refractivity contribution in [2.45, 2.75) is 13.3 Å². The maximum Gasteiger partial charge on any atom is 0.151 e. The molecule has 0 saturated carbocycles. The molecule has 0 N–H and O–H groups in total. The van der Waals surface area contributed by atoms with Crippen LogP contribution in [-0.4, -0.2) is 11.7 Å². The molecule has 0 bridgehead atoms. The van der Waals surface area contributed by atoms with E-state index in [0.717, 1.165) is 5.56 Å². The number of hydrogen-bond donors (Lipinski definition) is 0. The summed E-state index contributed by atoms with van der Waals surface area (Å²) in [5, 5.41) is 0. The van der Waals surface area contributed by atoms with Gasteiger partial charge in [-0.3, -0.25) is 4.79 Å². The first kappa shape index (κ1) is 11.0. The third-order valence-electron chi connectivity index (χ3n) is 1.77. The van der Waals surface area contributed by atoms with E-state index in [0.29, 0.717) is 6.42 Å². The summed E-state index contributed by atoms with van der Waals surface area (Å²) in [7, 11) is 0. The van der Waals surface area contributed by atoms with Crippen molar-refractivity contribution < 1.29 is 4.79 Å². The first-order valence-corrected chi connectivity index (χ1v) is 5.57. The predicted octanol–water partition coefficient (Wildman–Crippen LogP) is 2.95. The summed E-state index contributed by atoms with van der Waals surface area (Å²) < 4.78 is 1.22. The topological polar surface area (TPSA) is 17.1 Å². The van der Waals surface area contributed by atoms with Crippen molar-refractivity contribution >= 4 is 40.0 Å². The molecule has 0 radical (unpaired) electrons. The van der Waals surface area contributed by atoms with E-state index >= 15 is 0 Å². The molecule has 0 saturated heterocycles. The van der Waals surface area contributed by atoms with Crippen LogP contribution in [0.5, 0.6) is 0 Å². The van der Waals surface area contributed by atoms with Gasteiger partial charge in [-0.15, -0.1) is 11.6 Å². The van der Waals surface area contributed by atoms with Crippen molar-refractivity contribution in [3.63, 3.8) is 0 Å². The lowest BCUT2D eigenvalue weighted by molar-refractivity contribution is -0.116. The molecule has 0 unspecified atom stereocenters. The molecule has 1 nitrogen and oxygen atoms in total. The summed E-state index contributed by atoms with van der Waals surface area (Å²) in [6, 6.07) is 6.03. The minimum Gasteiger partial charge on any atom is -0.298 e. The van der Waals surface area contributed by atoms with Gasteiger partial charge in [-0.1, -0.05) is 12.1 Å². The summed E-state index contributed by atoms with van der Waals surface area (Å²) in [6.07, 6.45) is 0.446. The molecule has 0 fully saturated rings. The Morgan fingerprint density at radius 1 is 1.54 bits per heavy atom. The highest BCUT2D eigenvalue weighted by Crippen LogP contribution is 2.13. The van der Waals surface area contributed by atoms with Gasteiger partial charge >= 0.3 is 0 Å². The number of ketones is 1. The van der Waals surface area contributed by atoms with Crippen LogP contribution < -0.4 is 0 Å². The SMILES string of the molecule is Cc1cc(CC(=O)CCl)ccc1I. The number of Topliss-reactive ketones (excluding diaryl/α,β-unsaturated/α-hetero) is 1. The van der Waals surface area contributed by atoms with Gasteiger partial charge in [0.1, 0.15) is 0 Å². The minimum absolute atomic E-state index is 0.0716. The Hall–Kier alpha value is -0.0900. The predicted molar refractivity (Wildman–Crippen MR) is 63.3 cm³/mol. The lowest BCUT2D eigenvalue weighted by atomic mass is 10.1. The molecule has 1 rings (SSSR count). The first-order chi connectivity index (χ1) is 6.13. The van der Waals surface area contributed by atoms with Gasteiger partial charge in [-0.05, 0) is 46.7 Å². The van der Waals surface area contributed by atoms with Crippen LogP contribution in [0.1, 0.15) is 11.1 Å². The highest BCUT2D eigenvalue weighted by molar-refractivity contribution is 14.1. The van der Waals surface area contributed by atoms with Crippen molar-refractivity contribution in [1.29, 1.82) is 0 Å². The molecule has 0 aromatic heterocycles. The van der Waals surface area contributed by atoms with E-state index in [9.17, 15) is 4.79 Å². The molecule has 0 aliphatic carbocycles. The fourth-order valence-corrected chi connectivity index (χ4v) is 1.52. The fourth-order valence-electron chi connectivity index (χ4n) is 1.09. The van der Waals surface area contributed by atoms with Crippen molar-refractivity contribution in [3.8, 4) is 0 Å². The molecule has 70 valence electrons. The number of benzene rings is 1. The summed E-state index contributed by atoms with van der Waals surface area (Å²) >= 11 is 7.69. The molecule has 0 aliphatic rings. The van der Waals surface area contributed by atoms with Gasteiger partial charge in [-0.2, -0.15) is 0 Å². The molecule has 13 heavy (non-hydrogen) atoms. The standard InChI is InChI=1S/C10H10ClIO/c1-7-4-8(2-3-10(7)12)5-9(13)6-11/h2-4H,5-6H2,1H3. The quantitative estimate of drug-likeness (QED) is 0.620. The normalized spacial score (nSPS) is 10.1. The second-order valence-corrected chi connectivity index (χ2v) is 4.36. The molecule has 1 aromatic rings. The molecule has 0 atom stereocenters. The average Bonchev–Trinajstić information content (AvgIpc) is 2.11. The largest absolute Gasteiger partial charge is 0.298 e. The Bertz CT molecular complexity index is 323. The molecule has 0 amide bonds. The van der Waals surface area contributed by atoms with Gasteiger partial charge in [0, 0.05) is 9.99 Å². The van der Waals surface area contributed by atoms with Crippen molar-refractivity contribution in [1.82, 2.24) is 0 Å². The number of aryl methyl sites for hydroxylation is 1. The van der Waals surface area contributed by atoms with Crippen LogP contribution in [0.3, 0.4) is 0 Å². The molecule has 0 spiro atoms. The Kier molecular flexibility index (Phi) is 4.19. The summed E-state index contributed by atoms with van der Waals surface area (Å²) in [4.78, 5) is 11.0. The number of rotatable bonds is 3. The van der Waals surface area contributed by atoms with Gasteiger partial charge in [0.25, 0.3) is 0 Å². The molecule has 1 aromatic carbocycles. The maximum atomic E-state index is 11.0. The fraction of sp³-hybridized carbons (Fsp3) is 0.300.